The molecule has 9 heteroatoms. The molecule has 0 fully saturated rings. The van der Waals surface area contributed by atoms with E-state index in [4.69, 9.17) is 5.73 Å². The van der Waals surface area contributed by atoms with Gasteiger partial charge in [-0.25, -0.2) is 18.4 Å². The third-order valence-corrected chi connectivity index (χ3v) is 6.85. The number of aromatic nitrogens is 4. The molecule has 3 aromatic heterocycles. The summed E-state index contributed by atoms with van der Waals surface area (Å²) in [6.45, 7) is 1.89. The summed E-state index contributed by atoms with van der Waals surface area (Å²) in [5.74, 6) is -0.0666. The molecule has 5 aromatic rings. The number of aryl methyl sites for hydroxylation is 1. The van der Waals surface area contributed by atoms with E-state index in [2.05, 4.69) is 20.1 Å². The predicted molar refractivity (Wildman–Crippen MR) is 123 cm³/mol. The molecule has 2 N–H and O–H groups in total. The maximum absolute atomic E-state index is 13.6. The highest BCUT2D eigenvalue weighted by atomic mass is 32.2. The highest BCUT2D eigenvalue weighted by Crippen LogP contribution is 2.35. The minimum absolute atomic E-state index is 0.0666. The molecule has 32 heavy (non-hydrogen) atoms. The summed E-state index contributed by atoms with van der Waals surface area (Å²) in [7, 11) is -3.98. The molecule has 0 bridgehead atoms. The van der Waals surface area contributed by atoms with Crippen molar-refractivity contribution in [1.82, 2.24) is 19.6 Å². The number of pyridine rings is 1. The number of hydrogen-bond donors (Lipinski definition) is 1. The zero-order chi connectivity index (χ0) is 22.3. The number of rotatable bonds is 4. The van der Waals surface area contributed by atoms with Crippen LogP contribution in [0.1, 0.15) is 11.3 Å². The van der Waals surface area contributed by atoms with Crippen molar-refractivity contribution < 1.29 is 8.42 Å². The Balaban J connectivity index is 1.81. The average Bonchev–Trinajstić information content (AvgIpc) is 3.07. The van der Waals surface area contributed by atoms with Crippen molar-refractivity contribution in [2.45, 2.75) is 16.7 Å². The molecule has 0 saturated carbocycles. The van der Waals surface area contributed by atoms with Crippen LogP contribution >= 0.6 is 0 Å². The van der Waals surface area contributed by atoms with E-state index in [0.29, 0.717) is 16.7 Å². The Morgan fingerprint density at radius 1 is 0.938 bits per heavy atom. The van der Waals surface area contributed by atoms with Gasteiger partial charge >= 0.3 is 0 Å². The Morgan fingerprint density at radius 3 is 2.31 bits per heavy atom. The van der Waals surface area contributed by atoms with Crippen molar-refractivity contribution >= 4 is 44.1 Å². The number of benzene rings is 2. The predicted octanol–water partition coefficient (Wildman–Crippen LogP) is 3.59. The van der Waals surface area contributed by atoms with Gasteiger partial charge in [0.2, 0.25) is 9.84 Å². The number of nitrogen functional groups attached to an aromatic ring is 1. The Kier molecular flexibility index (Phi) is 4.67. The number of fused-ring (bicyclic) bond motifs is 2. The summed E-state index contributed by atoms with van der Waals surface area (Å²) in [6, 6.07) is 19.2. The summed E-state index contributed by atoms with van der Waals surface area (Å²) in [5.41, 5.74) is 9.48. The first kappa shape index (κ1) is 19.8. The Hall–Kier alpha value is -4.11. The normalized spacial score (nSPS) is 12.2. The lowest BCUT2D eigenvalue weighted by Crippen LogP contribution is -2.06. The number of sulfone groups is 1. The fourth-order valence-corrected chi connectivity index (χ4v) is 4.89. The van der Waals surface area contributed by atoms with E-state index in [1.165, 1.54) is 10.9 Å². The Labute approximate surface area is 184 Å². The molecule has 0 amide bonds. The average molecular weight is 443 g/mol. The minimum atomic E-state index is -3.98. The van der Waals surface area contributed by atoms with Gasteiger partial charge in [-0.2, -0.15) is 9.78 Å². The third-order valence-electron chi connectivity index (χ3n) is 5.02. The van der Waals surface area contributed by atoms with Crippen molar-refractivity contribution in [2.24, 2.45) is 5.10 Å². The van der Waals surface area contributed by atoms with Gasteiger partial charge in [0.1, 0.15) is 16.2 Å². The first-order valence-corrected chi connectivity index (χ1v) is 11.3. The van der Waals surface area contributed by atoms with Crippen LogP contribution in [0.4, 0.5) is 5.82 Å². The van der Waals surface area contributed by atoms with Crippen LogP contribution in [0.5, 0.6) is 0 Å². The van der Waals surface area contributed by atoms with Crippen molar-refractivity contribution in [2.75, 3.05) is 5.73 Å². The number of anilines is 1. The first-order valence-electron chi connectivity index (χ1n) is 9.79. The number of hydrogen-bond acceptors (Lipinski definition) is 7. The topological polar surface area (TPSA) is 116 Å². The number of nitrogens with zero attached hydrogens (tertiary/aromatic N) is 5. The summed E-state index contributed by atoms with van der Waals surface area (Å²) in [4.78, 5) is 13.4. The van der Waals surface area contributed by atoms with E-state index in [9.17, 15) is 8.42 Å². The highest BCUT2D eigenvalue weighted by molar-refractivity contribution is 7.92. The molecule has 5 rings (SSSR count). The van der Waals surface area contributed by atoms with Gasteiger partial charge in [0.25, 0.3) is 0 Å². The zero-order valence-corrected chi connectivity index (χ0v) is 17.9. The van der Waals surface area contributed by atoms with Gasteiger partial charge in [-0.15, -0.1) is 0 Å². The molecule has 0 spiro atoms. The van der Waals surface area contributed by atoms with Crippen LogP contribution in [0, 0.1) is 6.92 Å². The van der Waals surface area contributed by atoms with Gasteiger partial charge < -0.3 is 5.73 Å². The third kappa shape index (κ3) is 3.28. The summed E-state index contributed by atoms with van der Waals surface area (Å²) < 4.78 is 28.5. The van der Waals surface area contributed by atoms with Crippen molar-refractivity contribution in [3.05, 3.63) is 84.2 Å². The smallest absolute Gasteiger partial charge is 0.212 e. The molecule has 0 aliphatic rings. The summed E-state index contributed by atoms with van der Waals surface area (Å²) in [6.07, 6.45) is 3.13. The molecule has 0 saturated heterocycles. The molecule has 8 nitrogen and oxygen atoms in total. The van der Waals surface area contributed by atoms with E-state index < -0.39 is 9.84 Å². The molecule has 0 aliphatic carbocycles. The van der Waals surface area contributed by atoms with Crippen molar-refractivity contribution in [3.63, 3.8) is 0 Å². The van der Waals surface area contributed by atoms with Gasteiger partial charge in [-0.05, 0) is 43.3 Å². The SMILES string of the molecule is Cc1ccc(S(=O)(=O)c2c(N)n(/N=C/c3ccccn3)c3nc4ccccc4nc23)cc1. The summed E-state index contributed by atoms with van der Waals surface area (Å²) in [5, 5.41) is 4.39. The van der Waals surface area contributed by atoms with E-state index in [-0.39, 0.29) is 26.8 Å². The van der Waals surface area contributed by atoms with Crippen LogP contribution in [0.2, 0.25) is 0 Å². The number of nitrogens with two attached hydrogens (primary N) is 1. The molecular weight excluding hydrogens is 424 g/mol. The van der Waals surface area contributed by atoms with Gasteiger partial charge in [0, 0.05) is 6.20 Å². The molecule has 0 unspecified atom stereocenters. The molecule has 0 aliphatic heterocycles. The molecule has 0 atom stereocenters. The van der Waals surface area contributed by atoms with Crippen LogP contribution in [0.3, 0.4) is 0 Å². The van der Waals surface area contributed by atoms with Gasteiger partial charge in [0.15, 0.2) is 5.65 Å². The second-order valence-electron chi connectivity index (χ2n) is 7.23. The molecule has 0 radical (unpaired) electrons. The van der Waals surface area contributed by atoms with Crippen LogP contribution < -0.4 is 5.73 Å². The highest BCUT2D eigenvalue weighted by Gasteiger charge is 2.30. The van der Waals surface area contributed by atoms with E-state index in [0.717, 1.165) is 5.56 Å². The molecule has 158 valence electrons. The van der Waals surface area contributed by atoms with E-state index in [1.807, 2.05) is 25.1 Å². The first-order chi connectivity index (χ1) is 15.4. The fourth-order valence-electron chi connectivity index (χ4n) is 3.41. The lowest BCUT2D eigenvalue weighted by atomic mass is 10.2. The summed E-state index contributed by atoms with van der Waals surface area (Å²) >= 11 is 0. The Bertz CT molecular complexity index is 1590. The molecule has 3 heterocycles. The fraction of sp³-hybridized carbons (Fsp3) is 0.0435. The minimum Gasteiger partial charge on any atom is -0.382 e. The quantitative estimate of drug-likeness (QED) is 0.425. The van der Waals surface area contributed by atoms with Crippen LogP contribution in [0.15, 0.2) is 87.8 Å². The molecular formula is C23H18N6O2S. The zero-order valence-electron chi connectivity index (χ0n) is 17.0. The largest absolute Gasteiger partial charge is 0.382 e. The maximum Gasteiger partial charge on any atom is 0.212 e. The lowest BCUT2D eigenvalue weighted by Gasteiger charge is -2.05. The molecule has 2 aromatic carbocycles. The van der Waals surface area contributed by atoms with Crippen LogP contribution in [-0.2, 0) is 9.84 Å². The second kappa shape index (κ2) is 7.54. The standard InChI is InChI=1S/C23H18N6O2S/c1-15-9-11-17(12-10-15)32(30,31)21-20-23(28-19-8-3-2-7-18(19)27-20)29(22(21)24)26-14-16-6-4-5-13-25-16/h2-14H,24H2,1H3/b26-14+. The monoisotopic (exact) mass is 442 g/mol. The lowest BCUT2D eigenvalue weighted by molar-refractivity contribution is 0.597. The van der Waals surface area contributed by atoms with Gasteiger partial charge in [0.05, 0.1) is 27.8 Å². The van der Waals surface area contributed by atoms with Crippen LogP contribution in [-0.4, -0.2) is 34.3 Å². The Morgan fingerprint density at radius 2 is 1.62 bits per heavy atom. The van der Waals surface area contributed by atoms with Gasteiger partial charge in [-0.3, -0.25) is 4.98 Å². The maximum atomic E-state index is 13.6. The van der Waals surface area contributed by atoms with Gasteiger partial charge in [-0.1, -0.05) is 35.9 Å². The van der Waals surface area contributed by atoms with Crippen molar-refractivity contribution in [3.8, 4) is 0 Å². The van der Waals surface area contributed by atoms with Crippen LogP contribution in [0.25, 0.3) is 22.2 Å². The van der Waals surface area contributed by atoms with E-state index in [1.54, 1.807) is 54.7 Å². The van der Waals surface area contributed by atoms with E-state index >= 15 is 0 Å². The second-order valence-corrected chi connectivity index (χ2v) is 9.11. The van der Waals surface area contributed by atoms with Crippen molar-refractivity contribution in [1.29, 1.82) is 0 Å². The number of para-hydroxylation sites is 2.